The zero-order chi connectivity index (χ0) is 12.9. The Morgan fingerprint density at radius 3 is 2.75 bits per heavy atom. The minimum Gasteiger partial charge on any atom is -0.368 e. The van der Waals surface area contributed by atoms with E-state index in [-0.39, 0.29) is 11.7 Å². The topological polar surface area (TPSA) is 37.6 Å². The van der Waals surface area contributed by atoms with Gasteiger partial charge in [-0.3, -0.25) is 0 Å². The predicted molar refractivity (Wildman–Crippen MR) is 71.1 cm³/mol. The van der Waals surface area contributed by atoms with E-state index in [4.69, 9.17) is 14.2 Å². The van der Waals surface area contributed by atoms with E-state index in [0.717, 1.165) is 6.42 Å². The predicted octanol–water partition coefficient (Wildman–Crippen LogP) is 2.24. The molecule has 3 aliphatic carbocycles. The first kappa shape index (κ1) is 10.6. The van der Waals surface area contributed by atoms with Crippen molar-refractivity contribution in [1.29, 1.82) is 0 Å². The molecule has 0 radical (unpaired) electrons. The molecular weight excluding hydrogens is 252 g/mol. The maximum Gasteiger partial charge on any atom is 0.113 e. The molecule has 0 N–H and O–H groups in total. The van der Waals surface area contributed by atoms with Crippen molar-refractivity contribution in [1.82, 2.24) is 0 Å². The second kappa shape index (κ2) is 3.19. The lowest BCUT2D eigenvalue weighted by Gasteiger charge is -2.30. The van der Waals surface area contributed by atoms with Gasteiger partial charge in [-0.25, -0.2) is 0 Å². The van der Waals surface area contributed by atoms with Crippen LogP contribution in [0, 0.1) is 11.8 Å². The summed E-state index contributed by atoms with van der Waals surface area (Å²) in [5, 5.41) is 0. The highest BCUT2D eigenvalue weighted by molar-refractivity contribution is 5.35. The minimum absolute atomic E-state index is 0.0339. The van der Waals surface area contributed by atoms with Gasteiger partial charge in [0.1, 0.15) is 17.8 Å². The molecule has 20 heavy (non-hydrogen) atoms. The average Bonchev–Trinajstić information content (AvgIpc) is 3.34. The molecule has 6 aliphatic rings. The van der Waals surface area contributed by atoms with Crippen molar-refractivity contribution in [2.75, 3.05) is 0 Å². The van der Waals surface area contributed by atoms with Crippen LogP contribution < -0.4 is 0 Å². The molecule has 3 aliphatic heterocycles. The van der Waals surface area contributed by atoms with Gasteiger partial charge in [0.05, 0.1) is 18.3 Å². The molecule has 1 spiro atoms. The van der Waals surface area contributed by atoms with Gasteiger partial charge in [0.25, 0.3) is 0 Å². The monoisotopic (exact) mass is 268 g/mol. The molecule has 1 saturated carbocycles. The van der Waals surface area contributed by atoms with Crippen LogP contribution in [0.3, 0.4) is 0 Å². The Morgan fingerprint density at radius 1 is 0.950 bits per heavy atom. The summed E-state index contributed by atoms with van der Waals surface area (Å²) in [7, 11) is 0. The Labute approximate surface area is 117 Å². The summed E-state index contributed by atoms with van der Waals surface area (Å²) in [6.07, 6.45) is 7.29. The van der Waals surface area contributed by atoms with E-state index in [0.29, 0.717) is 36.3 Å². The average molecular weight is 268 g/mol. The SMILES string of the molecule is C1=C\C2OC2C2C3OC3C/1CC21OC1c1ccccc1. The molecule has 8 atom stereocenters. The van der Waals surface area contributed by atoms with E-state index in [9.17, 15) is 0 Å². The molecule has 4 fully saturated rings. The lowest BCUT2D eigenvalue weighted by molar-refractivity contribution is 0.126. The van der Waals surface area contributed by atoms with Gasteiger partial charge in [-0.1, -0.05) is 42.5 Å². The molecule has 2 bridgehead atoms. The van der Waals surface area contributed by atoms with E-state index in [1.807, 2.05) is 0 Å². The van der Waals surface area contributed by atoms with Crippen molar-refractivity contribution in [3.05, 3.63) is 48.0 Å². The highest BCUT2D eigenvalue weighted by Crippen LogP contribution is 2.69. The first-order valence-electron chi connectivity index (χ1n) is 7.59. The molecule has 0 aromatic heterocycles. The number of rotatable bonds is 1. The number of hydrogen-bond acceptors (Lipinski definition) is 3. The minimum atomic E-state index is -0.0339. The molecule has 8 unspecified atom stereocenters. The second-order valence-corrected chi connectivity index (χ2v) is 6.77. The number of hydrogen-bond donors (Lipinski definition) is 0. The van der Waals surface area contributed by atoms with Crippen molar-refractivity contribution in [2.45, 2.75) is 42.5 Å². The molecule has 3 heterocycles. The van der Waals surface area contributed by atoms with Crippen LogP contribution in [-0.2, 0) is 14.2 Å². The van der Waals surface area contributed by atoms with Crippen molar-refractivity contribution < 1.29 is 14.2 Å². The van der Waals surface area contributed by atoms with Crippen molar-refractivity contribution in [3.8, 4) is 0 Å². The third kappa shape index (κ3) is 1.18. The summed E-state index contributed by atoms with van der Waals surface area (Å²) >= 11 is 0. The molecule has 7 rings (SSSR count). The molecule has 102 valence electrons. The Bertz CT molecular complexity index is 612. The molecular formula is C17H16O3. The summed E-state index contributed by atoms with van der Waals surface area (Å²) in [6.45, 7) is 0. The van der Waals surface area contributed by atoms with Crippen molar-refractivity contribution in [3.63, 3.8) is 0 Å². The van der Waals surface area contributed by atoms with Gasteiger partial charge < -0.3 is 14.2 Å². The van der Waals surface area contributed by atoms with Crippen LogP contribution in [0.25, 0.3) is 0 Å². The van der Waals surface area contributed by atoms with Gasteiger partial charge in [0, 0.05) is 11.8 Å². The van der Waals surface area contributed by atoms with Gasteiger partial charge in [0.15, 0.2) is 0 Å². The van der Waals surface area contributed by atoms with Gasteiger partial charge >= 0.3 is 0 Å². The van der Waals surface area contributed by atoms with E-state index in [1.54, 1.807) is 0 Å². The van der Waals surface area contributed by atoms with Crippen LogP contribution in [0.1, 0.15) is 18.1 Å². The van der Waals surface area contributed by atoms with Crippen LogP contribution in [0.2, 0.25) is 0 Å². The highest BCUT2D eigenvalue weighted by Gasteiger charge is 2.77. The smallest absolute Gasteiger partial charge is 0.113 e. The second-order valence-electron chi connectivity index (χ2n) is 6.77. The Balaban J connectivity index is 1.43. The van der Waals surface area contributed by atoms with Gasteiger partial charge in [-0.15, -0.1) is 0 Å². The van der Waals surface area contributed by atoms with Crippen molar-refractivity contribution in [2.24, 2.45) is 11.8 Å². The normalized spacial score (nSPS) is 58.3. The van der Waals surface area contributed by atoms with Gasteiger partial charge in [-0.2, -0.15) is 0 Å². The summed E-state index contributed by atoms with van der Waals surface area (Å²) < 4.78 is 18.1. The first-order chi connectivity index (χ1) is 9.87. The lowest BCUT2D eigenvalue weighted by Crippen LogP contribution is -2.43. The largest absolute Gasteiger partial charge is 0.368 e. The standard InChI is InChI=1S/C17H16O3/c1-2-4-9(5-3-1)16-17(20-16)8-10-6-7-11-14(18-11)12(17)15-13(10)19-15/h1-7,10-16H,8H2/b7-6-. The Hall–Kier alpha value is -1.16. The van der Waals surface area contributed by atoms with Gasteiger partial charge in [-0.05, 0) is 12.0 Å². The summed E-state index contributed by atoms with van der Waals surface area (Å²) in [5.74, 6) is 0.930. The number of epoxide rings is 3. The quantitative estimate of drug-likeness (QED) is 0.579. The Morgan fingerprint density at radius 2 is 1.85 bits per heavy atom. The van der Waals surface area contributed by atoms with Crippen LogP contribution >= 0.6 is 0 Å². The van der Waals surface area contributed by atoms with E-state index >= 15 is 0 Å². The molecule has 3 nitrogen and oxygen atoms in total. The third-order valence-corrected chi connectivity index (χ3v) is 5.75. The van der Waals surface area contributed by atoms with E-state index in [2.05, 4.69) is 42.5 Å². The van der Waals surface area contributed by atoms with Crippen LogP contribution in [-0.4, -0.2) is 30.0 Å². The van der Waals surface area contributed by atoms with Crippen LogP contribution in [0.4, 0.5) is 0 Å². The fraction of sp³-hybridized carbons (Fsp3) is 0.529. The fourth-order valence-electron chi connectivity index (χ4n) is 4.71. The number of ether oxygens (including phenoxy) is 3. The molecule has 3 heteroatoms. The molecule has 3 saturated heterocycles. The molecule has 1 aromatic rings. The Kier molecular flexibility index (Phi) is 1.68. The van der Waals surface area contributed by atoms with Crippen LogP contribution in [0.5, 0.6) is 0 Å². The van der Waals surface area contributed by atoms with E-state index in [1.165, 1.54) is 5.56 Å². The maximum atomic E-state index is 6.30. The highest BCUT2D eigenvalue weighted by atomic mass is 16.6. The van der Waals surface area contributed by atoms with Crippen LogP contribution in [0.15, 0.2) is 42.5 Å². The summed E-state index contributed by atoms with van der Waals surface area (Å²) in [6, 6.07) is 10.6. The summed E-state index contributed by atoms with van der Waals surface area (Å²) in [4.78, 5) is 0. The molecule has 0 amide bonds. The fourth-order valence-corrected chi connectivity index (χ4v) is 4.71. The third-order valence-electron chi connectivity index (χ3n) is 5.75. The van der Waals surface area contributed by atoms with Gasteiger partial charge in [0.2, 0.25) is 0 Å². The first-order valence-corrected chi connectivity index (χ1v) is 7.59. The zero-order valence-corrected chi connectivity index (χ0v) is 11.0. The summed E-state index contributed by atoms with van der Waals surface area (Å²) in [5.41, 5.74) is 1.27. The maximum absolute atomic E-state index is 6.30. The number of benzene rings is 1. The van der Waals surface area contributed by atoms with E-state index < -0.39 is 0 Å². The molecule has 1 aromatic carbocycles. The lowest BCUT2D eigenvalue weighted by atomic mass is 9.68. The van der Waals surface area contributed by atoms with Crippen molar-refractivity contribution >= 4 is 0 Å². The zero-order valence-electron chi connectivity index (χ0n) is 11.0.